The summed E-state index contributed by atoms with van der Waals surface area (Å²) in [7, 11) is 0. The summed E-state index contributed by atoms with van der Waals surface area (Å²) in [5.74, 6) is 0.155. The van der Waals surface area contributed by atoms with Crippen molar-refractivity contribution in [3.8, 4) is 0 Å². The highest BCUT2D eigenvalue weighted by Crippen LogP contribution is 2.25. The van der Waals surface area contributed by atoms with Gasteiger partial charge in [-0.3, -0.25) is 14.5 Å². The highest BCUT2D eigenvalue weighted by atomic mass is 16.5. The van der Waals surface area contributed by atoms with Crippen LogP contribution in [-0.4, -0.2) is 56.1 Å². The lowest BCUT2D eigenvalue weighted by Crippen LogP contribution is -2.41. The maximum atomic E-state index is 12.3. The highest BCUT2D eigenvalue weighted by molar-refractivity contribution is 5.96. The molecule has 2 fully saturated rings. The Kier molecular flexibility index (Phi) is 7.03. The fourth-order valence-electron chi connectivity index (χ4n) is 3.57. The molecule has 2 aliphatic rings. The lowest BCUT2D eigenvalue weighted by molar-refractivity contribution is -0.120. The molecule has 1 saturated carbocycles. The Morgan fingerprint density at radius 1 is 1.04 bits per heavy atom. The van der Waals surface area contributed by atoms with Crippen molar-refractivity contribution in [1.29, 1.82) is 0 Å². The zero-order chi connectivity index (χ0) is 18.2. The minimum absolute atomic E-state index is 0.0802. The van der Waals surface area contributed by atoms with E-state index in [-0.39, 0.29) is 17.7 Å². The van der Waals surface area contributed by atoms with Gasteiger partial charge >= 0.3 is 0 Å². The molecule has 1 aliphatic carbocycles. The van der Waals surface area contributed by atoms with Crippen LogP contribution in [0.15, 0.2) is 24.3 Å². The zero-order valence-electron chi connectivity index (χ0n) is 15.3. The van der Waals surface area contributed by atoms with Gasteiger partial charge in [0.05, 0.1) is 13.2 Å². The Balaban J connectivity index is 1.42. The first-order valence-corrected chi connectivity index (χ1v) is 9.71. The molecule has 6 heteroatoms. The molecule has 1 aliphatic heterocycles. The first kappa shape index (κ1) is 18.9. The van der Waals surface area contributed by atoms with Crippen LogP contribution in [0.3, 0.4) is 0 Å². The summed E-state index contributed by atoms with van der Waals surface area (Å²) in [5.41, 5.74) is 1.37. The number of nitrogens with zero attached hydrogens (tertiary/aromatic N) is 1. The predicted octanol–water partition coefficient (Wildman–Crippen LogP) is 2.27. The maximum absolute atomic E-state index is 12.3. The normalized spacial score (nSPS) is 19.1. The average molecular weight is 359 g/mol. The molecular formula is C20H29N3O3. The second kappa shape index (κ2) is 9.69. The van der Waals surface area contributed by atoms with Crippen LogP contribution in [0.1, 0.15) is 42.5 Å². The number of benzene rings is 1. The number of nitrogens with one attached hydrogen (secondary N) is 2. The first-order chi connectivity index (χ1) is 12.7. The van der Waals surface area contributed by atoms with Gasteiger partial charge in [-0.25, -0.2) is 0 Å². The van der Waals surface area contributed by atoms with Crippen molar-refractivity contribution in [2.24, 2.45) is 5.92 Å². The summed E-state index contributed by atoms with van der Waals surface area (Å²) in [4.78, 5) is 26.8. The van der Waals surface area contributed by atoms with E-state index in [9.17, 15) is 9.59 Å². The van der Waals surface area contributed by atoms with E-state index in [0.717, 1.165) is 64.2 Å². The van der Waals surface area contributed by atoms with Crippen LogP contribution in [0, 0.1) is 5.92 Å². The van der Waals surface area contributed by atoms with Crippen LogP contribution in [0.25, 0.3) is 0 Å². The molecule has 0 radical (unpaired) electrons. The molecule has 1 saturated heterocycles. The fraction of sp³-hybridized carbons (Fsp3) is 0.600. The van der Waals surface area contributed by atoms with Gasteiger partial charge in [0.15, 0.2) is 0 Å². The standard InChI is InChI=1S/C20H29N3O3/c24-19(21-10-11-23-12-14-26-15-13-23)17-6-8-18(9-7-17)22-20(25)16-4-2-1-3-5-16/h6-9,16H,1-5,10-15H2,(H,21,24)(H,22,25). The summed E-state index contributed by atoms with van der Waals surface area (Å²) in [5, 5.41) is 5.92. The molecule has 2 N–H and O–H groups in total. The molecule has 0 unspecified atom stereocenters. The Morgan fingerprint density at radius 2 is 1.73 bits per heavy atom. The van der Waals surface area contributed by atoms with Gasteiger partial charge in [0.2, 0.25) is 5.91 Å². The monoisotopic (exact) mass is 359 g/mol. The van der Waals surface area contributed by atoms with Crippen molar-refractivity contribution >= 4 is 17.5 Å². The van der Waals surface area contributed by atoms with Crippen LogP contribution >= 0.6 is 0 Å². The van der Waals surface area contributed by atoms with E-state index in [4.69, 9.17) is 4.74 Å². The Labute approximate surface area is 155 Å². The molecule has 0 atom stereocenters. The predicted molar refractivity (Wildman–Crippen MR) is 101 cm³/mol. The number of morpholine rings is 1. The molecule has 1 aromatic rings. The molecule has 0 bridgehead atoms. The Morgan fingerprint density at radius 3 is 2.42 bits per heavy atom. The van der Waals surface area contributed by atoms with E-state index < -0.39 is 0 Å². The number of carbonyl (C=O) groups is 2. The van der Waals surface area contributed by atoms with Crippen LogP contribution in [0.4, 0.5) is 5.69 Å². The molecular weight excluding hydrogens is 330 g/mol. The molecule has 2 amide bonds. The van der Waals surface area contributed by atoms with Crippen LogP contribution in [0.5, 0.6) is 0 Å². The number of hydrogen-bond acceptors (Lipinski definition) is 4. The highest BCUT2D eigenvalue weighted by Gasteiger charge is 2.21. The van der Waals surface area contributed by atoms with Gasteiger partial charge in [-0.1, -0.05) is 19.3 Å². The molecule has 3 rings (SSSR count). The topological polar surface area (TPSA) is 70.7 Å². The Bertz CT molecular complexity index is 591. The first-order valence-electron chi connectivity index (χ1n) is 9.71. The number of hydrogen-bond donors (Lipinski definition) is 2. The van der Waals surface area contributed by atoms with Crippen LogP contribution in [-0.2, 0) is 9.53 Å². The fourth-order valence-corrected chi connectivity index (χ4v) is 3.57. The Hall–Kier alpha value is -1.92. The largest absolute Gasteiger partial charge is 0.379 e. The van der Waals surface area contributed by atoms with Crippen molar-refractivity contribution in [2.45, 2.75) is 32.1 Å². The van der Waals surface area contributed by atoms with Gasteiger partial charge in [0, 0.05) is 43.3 Å². The van der Waals surface area contributed by atoms with E-state index in [0.29, 0.717) is 12.1 Å². The minimum atomic E-state index is -0.0802. The summed E-state index contributed by atoms with van der Waals surface area (Å²) < 4.78 is 5.31. The lowest BCUT2D eigenvalue weighted by atomic mass is 9.88. The number of ether oxygens (including phenoxy) is 1. The van der Waals surface area contributed by atoms with E-state index in [2.05, 4.69) is 15.5 Å². The number of carbonyl (C=O) groups excluding carboxylic acids is 2. The van der Waals surface area contributed by atoms with Crippen molar-refractivity contribution in [3.05, 3.63) is 29.8 Å². The molecule has 1 aromatic carbocycles. The molecule has 0 spiro atoms. The summed E-state index contributed by atoms with van der Waals surface area (Å²) in [6, 6.07) is 7.14. The van der Waals surface area contributed by atoms with Crippen molar-refractivity contribution in [3.63, 3.8) is 0 Å². The average Bonchev–Trinajstić information content (AvgIpc) is 2.70. The molecule has 1 heterocycles. The van der Waals surface area contributed by atoms with Gasteiger partial charge in [-0.15, -0.1) is 0 Å². The number of amides is 2. The third kappa shape index (κ3) is 5.54. The van der Waals surface area contributed by atoms with Gasteiger partial charge in [-0.05, 0) is 37.1 Å². The zero-order valence-corrected chi connectivity index (χ0v) is 15.3. The van der Waals surface area contributed by atoms with Crippen molar-refractivity contribution in [2.75, 3.05) is 44.7 Å². The third-order valence-electron chi connectivity index (χ3n) is 5.21. The van der Waals surface area contributed by atoms with E-state index >= 15 is 0 Å². The second-order valence-electron chi connectivity index (χ2n) is 7.11. The van der Waals surface area contributed by atoms with Gasteiger partial charge in [-0.2, -0.15) is 0 Å². The lowest BCUT2D eigenvalue weighted by Gasteiger charge is -2.26. The molecule has 6 nitrogen and oxygen atoms in total. The van der Waals surface area contributed by atoms with Gasteiger partial charge in [0.25, 0.3) is 5.91 Å². The molecule has 26 heavy (non-hydrogen) atoms. The third-order valence-corrected chi connectivity index (χ3v) is 5.21. The van der Waals surface area contributed by atoms with E-state index in [1.54, 1.807) is 24.3 Å². The molecule has 0 aromatic heterocycles. The minimum Gasteiger partial charge on any atom is -0.379 e. The smallest absolute Gasteiger partial charge is 0.251 e. The van der Waals surface area contributed by atoms with Crippen LogP contribution in [0.2, 0.25) is 0 Å². The summed E-state index contributed by atoms with van der Waals surface area (Å²) >= 11 is 0. The number of anilines is 1. The van der Waals surface area contributed by atoms with Crippen molar-refractivity contribution < 1.29 is 14.3 Å². The summed E-state index contributed by atoms with van der Waals surface area (Å²) in [6.45, 7) is 4.84. The quantitative estimate of drug-likeness (QED) is 0.817. The van der Waals surface area contributed by atoms with E-state index in [1.807, 2.05) is 0 Å². The maximum Gasteiger partial charge on any atom is 0.251 e. The molecule has 142 valence electrons. The van der Waals surface area contributed by atoms with Crippen molar-refractivity contribution in [1.82, 2.24) is 10.2 Å². The van der Waals surface area contributed by atoms with Crippen LogP contribution < -0.4 is 10.6 Å². The number of rotatable bonds is 6. The second-order valence-corrected chi connectivity index (χ2v) is 7.11. The van der Waals surface area contributed by atoms with Gasteiger partial charge in [0.1, 0.15) is 0 Å². The van der Waals surface area contributed by atoms with E-state index in [1.165, 1.54) is 6.42 Å². The van der Waals surface area contributed by atoms with Gasteiger partial charge < -0.3 is 15.4 Å². The SMILES string of the molecule is O=C(NCCN1CCOCC1)c1ccc(NC(=O)C2CCCCC2)cc1. The summed E-state index contributed by atoms with van der Waals surface area (Å²) in [6.07, 6.45) is 5.48.